The molecule has 0 bridgehead atoms. The van der Waals surface area contributed by atoms with E-state index in [1.165, 1.54) is 24.5 Å². The molecule has 1 saturated heterocycles. The van der Waals surface area contributed by atoms with Crippen LogP contribution in [0.2, 0.25) is 0 Å². The molecule has 0 saturated carbocycles. The number of nitrogens with zero attached hydrogens (tertiary/aromatic N) is 3. The van der Waals surface area contributed by atoms with E-state index in [9.17, 15) is 18.0 Å². The van der Waals surface area contributed by atoms with Crippen LogP contribution >= 0.6 is 0 Å². The fourth-order valence-electron chi connectivity index (χ4n) is 3.19. The number of amides is 1. The molecule has 3 rings (SSSR count). The molecule has 1 amide bonds. The number of alkyl halides is 3. The van der Waals surface area contributed by atoms with Crippen LogP contribution in [0.15, 0.2) is 30.6 Å². The number of likely N-dealkylation sites (tertiary alicyclic amines) is 1. The summed E-state index contributed by atoms with van der Waals surface area (Å²) in [7, 11) is 0. The zero-order valence-electron chi connectivity index (χ0n) is 16.7. The van der Waals surface area contributed by atoms with Crippen molar-refractivity contribution in [1.29, 1.82) is 0 Å². The van der Waals surface area contributed by atoms with E-state index in [2.05, 4.69) is 14.7 Å². The normalized spacial score (nSPS) is 16.7. The highest BCUT2D eigenvalue weighted by Gasteiger charge is 2.31. The predicted molar refractivity (Wildman–Crippen MR) is 102 cm³/mol. The predicted octanol–water partition coefficient (Wildman–Crippen LogP) is 4.52. The molecule has 0 spiro atoms. The van der Waals surface area contributed by atoms with Gasteiger partial charge in [0.05, 0.1) is 5.56 Å². The molecule has 0 unspecified atom stereocenters. The van der Waals surface area contributed by atoms with E-state index >= 15 is 0 Å². The van der Waals surface area contributed by atoms with Crippen molar-refractivity contribution in [2.75, 3.05) is 6.54 Å². The van der Waals surface area contributed by atoms with Crippen molar-refractivity contribution in [2.45, 2.75) is 58.4 Å². The minimum atomic E-state index is -4.73. The van der Waals surface area contributed by atoms with Crippen molar-refractivity contribution in [3.05, 3.63) is 53.1 Å². The SMILES string of the molecule is CC(C)c1cc(CCc2ncc(C(=O)N3CC[C@@H]3C)cn2)cc(OC(F)(F)F)c1. The summed E-state index contributed by atoms with van der Waals surface area (Å²) in [6.07, 6.45) is 0.205. The smallest absolute Gasteiger partial charge is 0.406 e. The van der Waals surface area contributed by atoms with Crippen LogP contribution in [0, 0.1) is 0 Å². The number of carbonyl (C=O) groups excluding carboxylic acids is 1. The molecule has 0 aliphatic carbocycles. The van der Waals surface area contributed by atoms with Gasteiger partial charge < -0.3 is 9.64 Å². The third kappa shape index (κ3) is 5.46. The fraction of sp³-hybridized carbons (Fsp3) is 0.476. The number of carbonyl (C=O) groups is 1. The average molecular weight is 407 g/mol. The number of benzene rings is 1. The highest BCUT2D eigenvalue weighted by Crippen LogP contribution is 2.28. The van der Waals surface area contributed by atoms with E-state index in [4.69, 9.17) is 0 Å². The molecule has 0 N–H and O–H groups in total. The molecule has 2 heterocycles. The number of aryl methyl sites for hydroxylation is 2. The number of hydrogen-bond acceptors (Lipinski definition) is 4. The highest BCUT2D eigenvalue weighted by atomic mass is 19.4. The third-order valence-electron chi connectivity index (χ3n) is 5.06. The summed E-state index contributed by atoms with van der Waals surface area (Å²) in [6.45, 7) is 6.57. The summed E-state index contributed by atoms with van der Waals surface area (Å²) in [6, 6.07) is 4.91. The molecule has 156 valence electrons. The van der Waals surface area contributed by atoms with Crippen LogP contribution < -0.4 is 4.74 Å². The third-order valence-corrected chi connectivity index (χ3v) is 5.06. The lowest BCUT2D eigenvalue weighted by Gasteiger charge is -2.38. The first-order valence-electron chi connectivity index (χ1n) is 9.64. The molecular weight excluding hydrogens is 383 g/mol. The van der Waals surface area contributed by atoms with E-state index in [-0.39, 0.29) is 23.6 Å². The standard InChI is InChI=1S/C21H24F3N3O2/c1-13(2)16-8-15(9-18(10-16)29-21(22,23)24)4-5-19-25-11-17(12-26-19)20(28)27-7-6-14(27)3/h8-14H,4-7H2,1-3H3/t14-/m0/s1. The van der Waals surface area contributed by atoms with E-state index in [0.29, 0.717) is 29.8 Å². The summed E-state index contributed by atoms with van der Waals surface area (Å²) < 4.78 is 41.9. The summed E-state index contributed by atoms with van der Waals surface area (Å²) in [5.41, 5.74) is 1.93. The van der Waals surface area contributed by atoms with Crippen molar-refractivity contribution in [1.82, 2.24) is 14.9 Å². The van der Waals surface area contributed by atoms with Crippen molar-refractivity contribution in [2.24, 2.45) is 0 Å². The molecule has 5 nitrogen and oxygen atoms in total. The van der Waals surface area contributed by atoms with E-state index in [0.717, 1.165) is 18.5 Å². The van der Waals surface area contributed by atoms with Gasteiger partial charge >= 0.3 is 6.36 Å². The van der Waals surface area contributed by atoms with Crippen LogP contribution in [-0.4, -0.2) is 39.7 Å². The summed E-state index contributed by atoms with van der Waals surface area (Å²) in [5.74, 6) is 0.306. The Morgan fingerprint density at radius 3 is 2.41 bits per heavy atom. The lowest BCUT2D eigenvalue weighted by atomic mass is 9.98. The Morgan fingerprint density at radius 1 is 1.21 bits per heavy atom. The Kier molecular flexibility index (Phi) is 6.10. The topological polar surface area (TPSA) is 55.3 Å². The molecule has 1 atom stereocenters. The molecule has 1 fully saturated rings. The molecule has 29 heavy (non-hydrogen) atoms. The van der Waals surface area contributed by atoms with Gasteiger partial charge in [-0.05, 0) is 48.9 Å². The fourth-order valence-corrected chi connectivity index (χ4v) is 3.19. The first-order chi connectivity index (χ1) is 13.6. The quantitative estimate of drug-likeness (QED) is 0.707. The number of halogens is 3. The first-order valence-corrected chi connectivity index (χ1v) is 9.64. The summed E-state index contributed by atoms with van der Waals surface area (Å²) in [5, 5.41) is 0. The second-order valence-corrected chi connectivity index (χ2v) is 7.64. The molecule has 1 aromatic carbocycles. The van der Waals surface area contributed by atoms with Gasteiger partial charge in [-0.3, -0.25) is 4.79 Å². The maximum absolute atomic E-state index is 12.6. The van der Waals surface area contributed by atoms with Gasteiger partial charge in [-0.2, -0.15) is 0 Å². The van der Waals surface area contributed by atoms with Crippen LogP contribution in [0.25, 0.3) is 0 Å². The number of hydrogen-bond donors (Lipinski definition) is 0. The molecule has 8 heteroatoms. The maximum atomic E-state index is 12.6. The lowest BCUT2D eigenvalue weighted by Crippen LogP contribution is -2.49. The van der Waals surface area contributed by atoms with Crippen LogP contribution in [0.5, 0.6) is 5.75 Å². The second-order valence-electron chi connectivity index (χ2n) is 7.64. The Labute approximate surface area is 167 Å². The Hall–Kier alpha value is -2.64. The van der Waals surface area contributed by atoms with Gasteiger partial charge in [-0.25, -0.2) is 9.97 Å². The van der Waals surface area contributed by atoms with E-state index in [1.807, 2.05) is 26.8 Å². The Morgan fingerprint density at radius 2 is 1.90 bits per heavy atom. The zero-order valence-corrected chi connectivity index (χ0v) is 16.7. The molecule has 1 aliphatic rings. The van der Waals surface area contributed by atoms with E-state index < -0.39 is 6.36 Å². The molecular formula is C21H24F3N3O2. The molecule has 1 aliphatic heterocycles. The number of rotatable bonds is 6. The second kappa shape index (κ2) is 8.39. The van der Waals surface area contributed by atoms with E-state index in [1.54, 1.807) is 4.90 Å². The minimum Gasteiger partial charge on any atom is -0.406 e. The van der Waals surface area contributed by atoms with Crippen LogP contribution in [0.3, 0.4) is 0 Å². The van der Waals surface area contributed by atoms with Crippen molar-refractivity contribution < 1.29 is 22.7 Å². The van der Waals surface area contributed by atoms with Gasteiger partial charge in [0.1, 0.15) is 11.6 Å². The van der Waals surface area contributed by atoms with Crippen LogP contribution in [0.4, 0.5) is 13.2 Å². The van der Waals surface area contributed by atoms with Gasteiger partial charge in [-0.1, -0.05) is 19.9 Å². The van der Waals surface area contributed by atoms with Crippen LogP contribution in [0.1, 0.15) is 60.4 Å². The van der Waals surface area contributed by atoms with Crippen LogP contribution in [-0.2, 0) is 12.8 Å². The minimum absolute atomic E-state index is 0.0657. The number of ether oxygens (including phenoxy) is 1. The van der Waals surface area contributed by atoms with Gasteiger partial charge in [0.25, 0.3) is 5.91 Å². The molecule has 0 radical (unpaired) electrons. The monoisotopic (exact) mass is 407 g/mol. The van der Waals surface area contributed by atoms with Gasteiger partial charge in [0.2, 0.25) is 0 Å². The zero-order chi connectivity index (χ0) is 21.2. The van der Waals surface area contributed by atoms with Crippen molar-refractivity contribution in [3.8, 4) is 5.75 Å². The molecule has 1 aromatic heterocycles. The lowest BCUT2D eigenvalue weighted by molar-refractivity contribution is -0.274. The largest absolute Gasteiger partial charge is 0.573 e. The summed E-state index contributed by atoms with van der Waals surface area (Å²) in [4.78, 5) is 22.6. The van der Waals surface area contributed by atoms with Crippen molar-refractivity contribution >= 4 is 5.91 Å². The maximum Gasteiger partial charge on any atom is 0.573 e. The Balaban J connectivity index is 1.68. The Bertz CT molecular complexity index is 866. The van der Waals surface area contributed by atoms with Gasteiger partial charge in [-0.15, -0.1) is 13.2 Å². The average Bonchev–Trinajstić information content (AvgIpc) is 2.64. The summed E-state index contributed by atoms with van der Waals surface area (Å²) >= 11 is 0. The highest BCUT2D eigenvalue weighted by molar-refractivity contribution is 5.94. The number of aromatic nitrogens is 2. The van der Waals surface area contributed by atoms with Gasteiger partial charge in [0.15, 0.2) is 0 Å². The van der Waals surface area contributed by atoms with Crippen molar-refractivity contribution in [3.63, 3.8) is 0 Å². The van der Waals surface area contributed by atoms with Gasteiger partial charge in [0, 0.05) is 31.4 Å². The first kappa shape index (κ1) is 21.1. The molecule has 2 aromatic rings.